The fourth-order valence-corrected chi connectivity index (χ4v) is 3.52. The Hall–Kier alpha value is -0.540. The number of hydrogen-bond acceptors (Lipinski definition) is 1. The van der Waals surface area contributed by atoms with Crippen LogP contribution in [0.25, 0.3) is 0 Å². The molecule has 0 radical (unpaired) electrons. The van der Waals surface area contributed by atoms with Crippen molar-refractivity contribution in [3.63, 3.8) is 0 Å². The van der Waals surface area contributed by atoms with Crippen LogP contribution in [0.15, 0.2) is 16.6 Å². The molecule has 0 atom stereocenters. The van der Waals surface area contributed by atoms with E-state index in [1.54, 1.807) is 6.07 Å². The van der Waals surface area contributed by atoms with Gasteiger partial charge in [-0.1, -0.05) is 39.3 Å². The van der Waals surface area contributed by atoms with E-state index in [-0.39, 0.29) is 22.7 Å². The zero-order valence-electron chi connectivity index (χ0n) is 11.9. The summed E-state index contributed by atoms with van der Waals surface area (Å²) in [6, 6.07) is 3.71. The molecule has 1 aromatic rings. The lowest BCUT2D eigenvalue weighted by molar-refractivity contribution is -0.118. The molecule has 1 saturated carbocycles. The predicted molar refractivity (Wildman–Crippen MR) is 83.6 cm³/mol. The van der Waals surface area contributed by atoms with Crippen LogP contribution in [0.5, 0.6) is 0 Å². The van der Waals surface area contributed by atoms with Crippen molar-refractivity contribution in [2.75, 3.05) is 5.32 Å². The number of carbonyl (C=O) groups is 1. The van der Waals surface area contributed by atoms with Gasteiger partial charge in [-0.3, -0.25) is 4.79 Å². The Bertz CT molecular complexity index is 537. The first-order chi connectivity index (χ1) is 8.59. The Morgan fingerprint density at radius 3 is 2.26 bits per heavy atom. The monoisotopic (exact) mass is 343 g/mol. The fraction of sp³-hybridized carbons (Fsp3) is 0.533. The molecule has 2 nitrogen and oxygen atoms in total. The number of amides is 1. The second-order valence-corrected chi connectivity index (χ2v) is 7.71. The third-order valence-electron chi connectivity index (χ3n) is 4.79. The number of halogens is 2. The number of benzene rings is 1. The van der Waals surface area contributed by atoms with Crippen molar-refractivity contribution in [3.8, 4) is 0 Å². The number of hydrogen-bond donors (Lipinski definition) is 1. The van der Waals surface area contributed by atoms with E-state index in [0.29, 0.717) is 5.02 Å². The van der Waals surface area contributed by atoms with Gasteiger partial charge in [-0.2, -0.15) is 0 Å². The number of rotatable bonds is 2. The minimum absolute atomic E-state index is 0.0342. The lowest BCUT2D eigenvalue weighted by Gasteiger charge is -2.10. The average Bonchev–Trinajstić information content (AvgIpc) is 2.66. The van der Waals surface area contributed by atoms with Crippen molar-refractivity contribution in [3.05, 3.63) is 27.2 Å². The van der Waals surface area contributed by atoms with Crippen LogP contribution in [-0.4, -0.2) is 5.91 Å². The quantitative estimate of drug-likeness (QED) is 0.801. The maximum atomic E-state index is 12.4. The first-order valence-electron chi connectivity index (χ1n) is 6.35. The van der Waals surface area contributed by atoms with E-state index in [1.165, 1.54) is 0 Å². The van der Waals surface area contributed by atoms with Crippen molar-refractivity contribution < 1.29 is 4.79 Å². The maximum absolute atomic E-state index is 12.4. The van der Waals surface area contributed by atoms with Crippen molar-refractivity contribution in [1.29, 1.82) is 0 Å². The summed E-state index contributed by atoms with van der Waals surface area (Å²) >= 11 is 9.57. The Balaban J connectivity index is 2.20. The minimum Gasteiger partial charge on any atom is -0.325 e. The standard InChI is InChI=1S/C15H19BrClNO/c1-8-6-9(16)11(7-10(8)17)18-13(19)12-14(2,3)15(12,4)5/h6-7,12H,1-5H3,(H,18,19). The number of carbonyl (C=O) groups excluding carboxylic acids is 1. The minimum atomic E-state index is 0.0342. The highest BCUT2D eigenvalue weighted by Crippen LogP contribution is 2.68. The number of nitrogens with one attached hydrogen (secondary N) is 1. The molecular formula is C15H19BrClNO. The van der Waals surface area contributed by atoms with E-state index in [4.69, 9.17) is 11.6 Å². The van der Waals surface area contributed by atoms with Crippen molar-refractivity contribution in [2.24, 2.45) is 16.7 Å². The maximum Gasteiger partial charge on any atom is 0.228 e. The van der Waals surface area contributed by atoms with Gasteiger partial charge in [-0.15, -0.1) is 0 Å². The zero-order chi connectivity index (χ0) is 14.6. The largest absolute Gasteiger partial charge is 0.325 e. The molecule has 0 bridgehead atoms. The van der Waals surface area contributed by atoms with Crippen LogP contribution < -0.4 is 5.32 Å². The smallest absolute Gasteiger partial charge is 0.228 e. The summed E-state index contributed by atoms with van der Waals surface area (Å²) in [5, 5.41) is 3.64. The van der Waals surface area contributed by atoms with Gasteiger partial charge in [0.2, 0.25) is 5.91 Å². The zero-order valence-corrected chi connectivity index (χ0v) is 14.2. The summed E-state index contributed by atoms with van der Waals surface area (Å²) in [6.45, 7) is 10.5. The van der Waals surface area contributed by atoms with Gasteiger partial charge in [0.25, 0.3) is 0 Å². The van der Waals surface area contributed by atoms with Gasteiger partial charge >= 0.3 is 0 Å². The summed E-state index contributed by atoms with van der Waals surface area (Å²) in [6.07, 6.45) is 0. The van der Waals surface area contributed by atoms with E-state index >= 15 is 0 Å². The van der Waals surface area contributed by atoms with Crippen LogP contribution in [0.4, 0.5) is 5.69 Å². The van der Waals surface area contributed by atoms with Crippen molar-refractivity contribution in [2.45, 2.75) is 34.6 Å². The van der Waals surface area contributed by atoms with Gasteiger partial charge in [0.1, 0.15) is 0 Å². The molecule has 104 valence electrons. The normalized spacial score (nSPS) is 20.2. The molecular weight excluding hydrogens is 326 g/mol. The van der Waals surface area contributed by atoms with E-state index in [2.05, 4.69) is 48.9 Å². The predicted octanol–water partition coefficient (Wildman–Crippen LogP) is 5.03. The Labute approximate surface area is 128 Å². The van der Waals surface area contributed by atoms with Gasteiger partial charge in [0.15, 0.2) is 0 Å². The van der Waals surface area contributed by atoms with Crippen LogP contribution >= 0.6 is 27.5 Å². The second-order valence-electron chi connectivity index (χ2n) is 6.45. The molecule has 1 aliphatic carbocycles. The Morgan fingerprint density at radius 1 is 1.26 bits per heavy atom. The molecule has 1 fully saturated rings. The van der Waals surface area contributed by atoms with Crippen molar-refractivity contribution >= 4 is 39.1 Å². The Kier molecular flexibility index (Phi) is 3.51. The molecule has 0 aromatic heterocycles. The summed E-state index contributed by atoms with van der Waals surface area (Å²) < 4.78 is 0.860. The summed E-state index contributed by atoms with van der Waals surface area (Å²) in [5.41, 5.74) is 1.80. The van der Waals surface area contributed by atoms with Crippen LogP contribution in [0.2, 0.25) is 5.02 Å². The lowest BCUT2D eigenvalue weighted by atomic mass is 10.0. The highest BCUT2D eigenvalue weighted by Gasteiger charge is 2.68. The molecule has 0 spiro atoms. The molecule has 0 unspecified atom stereocenters. The molecule has 2 rings (SSSR count). The topological polar surface area (TPSA) is 29.1 Å². The molecule has 4 heteroatoms. The van der Waals surface area contributed by atoms with E-state index < -0.39 is 0 Å². The molecule has 0 heterocycles. The summed E-state index contributed by atoms with van der Waals surface area (Å²) in [5.74, 6) is 0.0996. The second kappa shape index (κ2) is 4.49. The van der Waals surface area contributed by atoms with Crippen LogP contribution in [0.3, 0.4) is 0 Å². The van der Waals surface area contributed by atoms with Crippen LogP contribution in [0, 0.1) is 23.7 Å². The van der Waals surface area contributed by atoms with Crippen LogP contribution in [0.1, 0.15) is 33.3 Å². The summed E-state index contributed by atoms with van der Waals surface area (Å²) in [4.78, 5) is 12.4. The van der Waals surface area contributed by atoms with Gasteiger partial charge in [-0.05, 0) is 51.4 Å². The average molecular weight is 345 g/mol. The first kappa shape index (κ1) is 14.9. The fourth-order valence-electron chi connectivity index (χ4n) is 2.80. The van der Waals surface area contributed by atoms with E-state index in [1.807, 2.05) is 13.0 Å². The molecule has 1 amide bonds. The van der Waals surface area contributed by atoms with Crippen molar-refractivity contribution in [1.82, 2.24) is 0 Å². The molecule has 1 aromatic carbocycles. The van der Waals surface area contributed by atoms with Gasteiger partial charge in [0, 0.05) is 15.4 Å². The van der Waals surface area contributed by atoms with E-state index in [9.17, 15) is 4.79 Å². The Morgan fingerprint density at radius 2 is 1.79 bits per heavy atom. The first-order valence-corrected chi connectivity index (χ1v) is 7.52. The number of anilines is 1. The lowest BCUT2D eigenvalue weighted by Crippen LogP contribution is -2.18. The van der Waals surface area contributed by atoms with Gasteiger partial charge in [-0.25, -0.2) is 0 Å². The molecule has 0 saturated heterocycles. The summed E-state index contributed by atoms with van der Waals surface area (Å²) in [7, 11) is 0. The highest BCUT2D eigenvalue weighted by molar-refractivity contribution is 9.10. The number of aryl methyl sites for hydroxylation is 1. The van der Waals surface area contributed by atoms with Gasteiger partial charge in [0.05, 0.1) is 5.69 Å². The third-order valence-corrected chi connectivity index (χ3v) is 5.85. The van der Waals surface area contributed by atoms with E-state index in [0.717, 1.165) is 15.7 Å². The van der Waals surface area contributed by atoms with Gasteiger partial charge < -0.3 is 5.32 Å². The highest BCUT2D eigenvalue weighted by atomic mass is 79.9. The molecule has 1 aliphatic rings. The third kappa shape index (κ3) is 2.31. The van der Waals surface area contributed by atoms with Crippen LogP contribution in [-0.2, 0) is 4.79 Å². The SMILES string of the molecule is Cc1cc(Br)c(NC(=O)C2C(C)(C)C2(C)C)cc1Cl. The molecule has 0 aliphatic heterocycles. The molecule has 1 N–H and O–H groups in total. The molecule has 19 heavy (non-hydrogen) atoms.